The minimum Gasteiger partial charge on any atom is -0.487 e. The number of aryl methyl sites for hydroxylation is 2. The molecule has 35 heavy (non-hydrogen) atoms. The van der Waals surface area contributed by atoms with Crippen LogP contribution in [0.25, 0.3) is 6.08 Å². The number of benzene rings is 3. The standard InChI is InChI=1S/C28H25N3O3S/c1-19-7-3-5-9-25(19)30-27(32)24(28(33)31-26-10-6-4-8-20(26)2)15-21-11-13-23(14-12-21)34-16-22-17-35-18-29-22/h3-15,17-18H,16H2,1-2H3,(H,30,32)(H,31,33). The van der Waals surface area contributed by atoms with E-state index in [1.807, 2.05) is 55.6 Å². The molecule has 0 bridgehead atoms. The van der Waals surface area contributed by atoms with Crippen molar-refractivity contribution in [2.24, 2.45) is 0 Å². The maximum absolute atomic E-state index is 13.2. The minimum absolute atomic E-state index is 0.00681. The molecule has 0 aliphatic rings. The van der Waals surface area contributed by atoms with E-state index in [9.17, 15) is 9.59 Å². The number of aromatic nitrogens is 1. The van der Waals surface area contributed by atoms with Crippen LogP contribution in [0.4, 0.5) is 11.4 Å². The summed E-state index contributed by atoms with van der Waals surface area (Å²) in [4.78, 5) is 30.6. The second kappa shape index (κ2) is 11.3. The highest BCUT2D eigenvalue weighted by Gasteiger charge is 2.20. The monoisotopic (exact) mass is 483 g/mol. The second-order valence-electron chi connectivity index (χ2n) is 7.93. The van der Waals surface area contributed by atoms with E-state index in [1.165, 1.54) is 11.3 Å². The summed E-state index contributed by atoms with van der Waals surface area (Å²) < 4.78 is 5.75. The number of nitrogens with one attached hydrogen (secondary N) is 2. The van der Waals surface area contributed by atoms with Gasteiger partial charge in [-0.05, 0) is 60.9 Å². The molecule has 4 rings (SSSR count). The summed E-state index contributed by atoms with van der Waals surface area (Å²) in [6, 6.07) is 22.1. The van der Waals surface area contributed by atoms with Crippen LogP contribution < -0.4 is 15.4 Å². The van der Waals surface area contributed by atoms with Crippen LogP contribution in [0.5, 0.6) is 5.75 Å². The van der Waals surface area contributed by atoms with Gasteiger partial charge in [-0.1, -0.05) is 48.5 Å². The number of nitrogens with zero attached hydrogens (tertiary/aromatic N) is 1. The molecule has 0 atom stereocenters. The first kappa shape index (κ1) is 23.9. The second-order valence-corrected chi connectivity index (χ2v) is 8.65. The molecule has 0 radical (unpaired) electrons. The van der Waals surface area contributed by atoms with Gasteiger partial charge in [0.25, 0.3) is 11.8 Å². The molecule has 0 saturated carbocycles. The average molecular weight is 484 g/mol. The Morgan fingerprint density at radius 3 is 1.94 bits per heavy atom. The first-order chi connectivity index (χ1) is 17.0. The van der Waals surface area contributed by atoms with E-state index < -0.39 is 11.8 Å². The van der Waals surface area contributed by atoms with E-state index in [2.05, 4.69) is 15.6 Å². The maximum Gasteiger partial charge on any atom is 0.261 e. The first-order valence-corrected chi connectivity index (χ1v) is 12.0. The van der Waals surface area contributed by atoms with Crippen molar-refractivity contribution >= 4 is 40.6 Å². The summed E-state index contributed by atoms with van der Waals surface area (Å²) >= 11 is 1.52. The molecular weight excluding hydrogens is 458 g/mol. The van der Waals surface area contributed by atoms with Crippen molar-refractivity contribution < 1.29 is 14.3 Å². The van der Waals surface area contributed by atoms with Crippen molar-refractivity contribution in [1.82, 2.24) is 4.98 Å². The van der Waals surface area contributed by atoms with Crippen LogP contribution in [0.3, 0.4) is 0 Å². The third-order valence-electron chi connectivity index (χ3n) is 5.34. The van der Waals surface area contributed by atoms with Gasteiger partial charge >= 0.3 is 0 Å². The van der Waals surface area contributed by atoms with Crippen LogP contribution in [-0.4, -0.2) is 16.8 Å². The SMILES string of the molecule is Cc1ccccc1NC(=O)C(=Cc1ccc(OCc2cscn2)cc1)C(=O)Nc1ccccc1C. The summed E-state index contributed by atoms with van der Waals surface area (Å²) in [5, 5.41) is 7.65. The Hall–Kier alpha value is -4.23. The van der Waals surface area contributed by atoms with Gasteiger partial charge in [0.1, 0.15) is 17.9 Å². The third-order valence-corrected chi connectivity index (χ3v) is 5.97. The molecule has 7 heteroatoms. The number of carbonyl (C=O) groups is 2. The van der Waals surface area contributed by atoms with Crippen LogP contribution in [-0.2, 0) is 16.2 Å². The Balaban J connectivity index is 1.57. The fraction of sp³-hybridized carbons (Fsp3) is 0.107. The number of hydrogen-bond donors (Lipinski definition) is 2. The predicted octanol–water partition coefficient (Wildman–Crippen LogP) is 6.00. The fourth-order valence-electron chi connectivity index (χ4n) is 3.33. The number of hydrogen-bond acceptors (Lipinski definition) is 5. The topological polar surface area (TPSA) is 80.3 Å². The molecule has 0 aliphatic heterocycles. The van der Waals surface area contributed by atoms with E-state index in [0.717, 1.165) is 16.8 Å². The highest BCUT2D eigenvalue weighted by molar-refractivity contribution is 7.07. The molecule has 0 fully saturated rings. The van der Waals surface area contributed by atoms with Crippen LogP contribution >= 0.6 is 11.3 Å². The molecule has 2 amide bonds. The number of carbonyl (C=O) groups excluding carboxylic acids is 2. The van der Waals surface area contributed by atoms with Crippen molar-refractivity contribution in [3.05, 3.63) is 112 Å². The van der Waals surface area contributed by atoms with Crippen LogP contribution in [0.15, 0.2) is 89.3 Å². The van der Waals surface area contributed by atoms with Gasteiger partial charge in [-0.2, -0.15) is 0 Å². The third kappa shape index (κ3) is 6.43. The Morgan fingerprint density at radius 2 is 1.43 bits per heavy atom. The Labute approximate surface area is 208 Å². The van der Waals surface area contributed by atoms with Gasteiger partial charge in [-0.15, -0.1) is 11.3 Å². The van der Waals surface area contributed by atoms with Crippen molar-refractivity contribution in [1.29, 1.82) is 0 Å². The van der Waals surface area contributed by atoms with Gasteiger partial charge in [0, 0.05) is 16.8 Å². The van der Waals surface area contributed by atoms with Crippen molar-refractivity contribution in [3.63, 3.8) is 0 Å². The number of para-hydroxylation sites is 2. The Morgan fingerprint density at radius 1 is 0.857 bits per heavy atom. The normalized spacial score (nSPS) is 10.3. The lowest BCUT2D eigenvalue weighted by molar-refractivity contribution is -0.118. The van der Waals surface area contributed by atoms with E-state index in [0.29, 0.717) is 29.3 Å². The summed E-state index contributed by atoms with van der Waals surface area (Å²) in [5.41, 5.74) is 6.42. The smallest absolute Gasteiger partial charge is 0.261 e. The number of amides is 2. The zero-order valence-electron chi connectivity index (χ0n) is 19.4. The fourth-order valence-corrected chi connectivity index (χ4v) is 3.88. The van der Waals surface area contributed by atoms with E-state index in [4.69, 9.17) is 4.74 Å². The first-order valence-electron chi connectivity index (χ1n) is 11.0. The molecule has 0 spiro atoms. The largest absolute Gasteiger partial charge is 0.487 e. The van der Waals surface area contributed by atoms with Gasteiger partial charge in [0.2, 0.25) is 0 Å². The number of anilines is 2. The van der Waals surface area contributed by atoms with E-state index in [1.54, 1.807) is 48.0 Å². The van der Waals surface area contributed by atoms with Crippen molar-refractivity contribution in [2.45, 2.75) is 20.5 Å². The lowest BCUT2D eigenvalue weighted by Crippen LogP contribution is -2.25. The van der Waals surface area contributed by atoms with Crippen LogP contribution in [0.2, 0.25) is 0 Å². The highest BCUT2D eigenvalue weighted by Crippen LogP contribution is 2.20. The molecule has 0 aliphatic carbocycles. The Bertz CT molecular complexity index is 1280. The minimum atomic E-state index is -0.491. The van der Waals surface area contributed by atoms with E-state index >= 15 is 0 Å². The molecule has 4 aromatic rings. The van der Waals surface area contributed by atoms with Crippen molar-refractivity contribution in [3.8, 4) is 5.75 Å². The summed E-state index contributed by atoms with van der Waals surface area (Å²) in [6.45, 7) is 4.18. The molecule has 0 saturated heterocycles. The highest BCUT2D eigenvalue weighted by atomic mass is 32.1. The molecule has 3 aromatic carbocycles. The zero-order valence-corrected chi connectivity index (χ0v) is 20.3. The summed E-state index contributed by atoms with van der Waals surface area (Å²) in [7, 11) is 0. The lowest BCUT2D eigenvalue weighted by atomic mass is 10.1. The summed E-state index contributed by atoms with van der Waals surface area (Å²) in [6.07, 6.45) is 1.57. The van der Waals surface area contributed by atoms with Crippen molar-refractivity contribution in [2.75, 3.05) is 10.6 Å². The molecule has 2 N–H and O–H groups in total. The molecule has 1 heterocycles. The molecule has 1 aromatic heterocycles. The average Bonchev–Trinajstić information content (AvgIpc) is 3.38. The lowest BCUT2D eigenvalue weighted by Gasteiger charge is -2.13. The quantitative estimate of drug-likeness (QED) is 0.183. The molecule has 0 unspecified atom stereocenters. The zero-order chi connectivity index (χ0) is 24.6. The predicted molar refractivity (Wildman–Crippen MR) is 140 cm³/mol. The van der Waals surface area contributed by atoms with Crippen LogP contribution in [0.1, 0.15) is 22.4 Å². The molecular formula is C28H25N3O3S. The number of ether oxygens (including phenoxy) is 1. The summed E-state index contributed by atoms with van der Waals surface area (Å²) in [5.74, 6) is -0.311. The van der Waals surface area contributed by atoms with Gasteiger partial charge in [0.15, 0.2) is 0 Å². The van der Waals surface area contributed by atoms with Gasteiger partial charge in [-0.25, -0.2) is 4.98 Å². The maximum atomic E-state index is 13.2. The molecule has 176 valence electrons. The van der Waals surface area contributed by atoms with Crippen LogP contribution in [0, 0.1) is 13.8 Å². The number of rotatable bonds is 8. The number of thiazole rings is 1. The van der Waals surface area contributed by atoms with Gasteiger partial charge < -0.3 is 15.4 Å². The van der Waals surface area contributed by atoms with E-state index in [-0.39, 0.29) is 5.57 Å². The Kier molecular flexibility index (Phi) is 7.70. The van der Waals surface area contributed by atoms with Gasteiger partial charge in [-0.3, -0.25) is 9.59 Å². The molecule has 6 nitrogen and oxygen atoms in total. The van der Waals surface area contributed by atoms with Gasteiger partial charge in [0.05, 0.1) is 11.2 Å².